The van der Waals surface area contributed by atoms with Crippen molar-refractivity contribution in [3.63, 3.8) is 0 Å². The molecule has 2 aromatic heterocycles. The van der Waals surface area contributed by atoms with Crippen LogP contribution in [0.4, 0.5) is 0 Å². The first-order chi connectivity index (χ1) is 13.5. The lowest BCUT2D eigenvalue weighted by Gasteiger charge is -2.18. The van der Waals surface area contributed by atoms with E-state index in [4.69, 9.17) is 4.98 Å². The molecular weight excluding hydrogens is 354 g/mol. The number of aromatic nitrogens is 4. The molecule has 1 aliphatic rings. The van der Waals surface area contributed by atoms with Gasteiger partial charge < -0.3 is 4.90 Å². The summed E-state index contributed by atoms with van der Waals surface area (Å²) < 4.78 is 3.06. The predicted octanol–water partition coefficient (Wildman–Crippen LogP) is 2.34. The summed E-state index contributed by atoms with van der Waals surface area (Å²) >= 11 is 0. The molecule has 0 saturated carbocycles. The van der Waals surface area contributed by atoms with Crippen LogP contribution < -0.4 is 5.56 Å². The molecule has 144 valence electrons. The Hall–Kier alpha value is -3.22. The monoisotopic (exact) mass is 377 g/mol. The van der Waals surface area contributed by atoms with Crippen LogP contribution in [0.5, 0.6) is 0 Å². The van der Waals surface area contributed by atoms with Gasteiger partial charge in [0, 0.05) is 30.4 Å². The highest BCUT2D eigenvalue weighted by Gasteiger charge is 2.22. The summed E-state index contributed by atoms with van der Waals surface area (Å²) in [7, 11) is 0. The molecule has 1 aromatic carbocycles. The van der Waals surface area contributed by atoms with Crippen LogP contribution in [0.2, 0.25) is 0 Å². The molecule has 0 radical (unpaired) electrons. The molecule has 1 saturated heterocycles. The van der Waals surface area contributed by atoms with E-state index in [-0.39, 0.29) is 18.0 Å². The molecule has 0 bridgehead atoms. The highest BCUT2D eigenvalue weighted by Crippen LogP contribution is 2.18. The number of aryl methyl sites for hydroxylation is 2. The largest absolute Gasteiger partial charge is 0.341 e. The highest BCUT2D eigenvalue weighted by molar-refractivity contribution is 5.76. The van der Waals surface area contributed by atoms with Crippen LogP contribution >= 0.6 is 0 Å². The Labute approximate surface area is 163 Å². The number of carbonyl (C=O) groups is 1. The summed E-state index contributed by atoms with van der Waals surface area (Å²) in [4.78, 5) is 32.2. The molecule has 28 heavy (non-hydrogen) atoms. The Balaban J connectivity index is 1.83. The Morgan fingerprint density at radius 3 is 2.43 bits per heavy atom. The molecular formula is C21H23N5O2. The molecule has 0 N–H and O–H groups in total. The molecule has 0 atom stereocenters. The van der Waals surface area contributed by atoms with Crippen molar-refractivity contribution < 1.29 is 4.79 Å². The molecule has 1 fully saturated rings. The van der Waals surface area contributed by atoms with E-state index in [1.807, 2.05) is 55.1 Å². The second kappa shape index (κ2) is 7.42. The number of amides is 1. The van der Waals surface area contributed by atoms with Crippen LogP contribution in [-0.2, 0) is 11.3 Å². The number of carbonyl (C=O) groups excluding carboxylic acids is 1. The average molecular weight is 377 g/mol. The van der Waals surface area contributed by atoms with Crippen molar-refractivity contribution in [2.45, 2.75) is 33.2 Å². The second-order valence-electron chi connectivity index (χ2n) is 7.16. The zero-order valence-electron chi connectivity index (χ0n) is 16.1. The van der Waals surface area contributed by atoms with Gasteiger partial charge in [-0.1, -0.05) is 30.3 Å². The van der Waals surface area contributed by atoms with Gasteiger partial charge in [0.1, 0.15) is 6.54 Å². The fourth-order valence-electron chi connectivity index (χ4n) is 3.59. The highest BCUT2D eigenvalue weighted by atomic mass is 16.2. The number of hydrogen-bond donors (Lipinski definition) is 0. The molecule has 0 aliphatic carbocycles. The van der Waals surface area contributed by atoms with Crippen molar-refractivity contribution in [3.8, 4) is 17.2 Å². The van der Waals surface area contributed by atoms with Gasteiger partial charge in [-0.3, -0.25) is 14.2 Å². The zero-order chi connectivity index (χ0) is 19.7. The van der Waals surface area contributed by atoms with Gasteiger partial charge in [-0.15, -0.1) is 0 Å². The van der Waals surface area contributed by atoms with E-state index in [1.54, 1.807) is 4.68 Å². The Kier molecular flexibility index (Phi) is 4.81. The van der Waals surface area contributed by atoms with E-state index in [0.717, 1.165) is 42.9 Å². The summed E-state index contributed by atoms with van der Waals surface area (Å²) in [5.41, 5.74) is 2.84. The molecule has 0 spiro atoms. The van der Waals surface area contributed by atoms with Gasteiger partial charge in [0.2, 0.25) is 11.9 Å². The molecule has 1 aliphatic heterocycles. The van der Waals surface area contributed by atoms with Crippen molar-refractivity contribution >= 4 is 5.91 Å². The van der Waals surface area contributed by atoms with Crippen LogP contribution in [0.3, 0.4) is 0 Å². The summed E-state index contributed by atoms with van der Waals surface area (Å²) in [6, 6.07) is 13.0. The van der Waals surface area contributed by atoms with Crippen molar-refractivity contribution in [3.05, 3.63) is 64.2 Å². The van der Waals surface area contributed by atoms with Crippen LogP contribution in [0.15, 0.2) is 47.3 Å². The minimum Gasteiger partial charge on any atom is -0.341 e. The van der Waals surface area contributed by atoms with Crippen molar-refractivity contribution in [1.82, 2.24) is 24.2 Å². The molecule has 3 aromatic rings. The fraction of sp³-hybridized carbons (Fsp3) is 0.333. The Bertz CT molecular complexity index is 1060. The summed E-state index contributed by atoms with van der Waals surface area (Å²) in [5.74, 6) is 0.307. The number of benzene rings is 1. The van der Waals surface area contributed by atoms with Crippen molar-refractivity contribution in [1.29, 1.82) is 0 Å². The van der Waals surface area contributed by atoms with Crippen LogP contribution in [0.25, 0.3) is 17.2 Å². The zero-order valence-corrected chi connectivity index (χ0v) is 16.1. The first kappa shape index (κ1) is 18.2. The minimum atomic E-state index is -0.260. The minimum absolute atomic E-state index is 0.0332. The number of nitrogens with zero attached hydrogens (tertiary/aromatic N) is 5. The van der Waals surface area contributed by atoms with Gasteiger partial charge in [-0.2, -0.15) is 5.10 Å². The van der Waals surface area contributed by atoms with Gasteiger partial charge in [-0.25, -0.2) is 9.67 Å². The lowest BCUT2D eigenvalue weighted by molar-refractivity contribution is -0.130. The third-order valence-corrected chi connectivity index (χ3v) is 5.01. The maximum atomic E-state index is 13.0. The van der Waals surface area contributed by atoms with E-state index in [9.17, 15) is 9.59 Å². The van der Waals surface area contributed by atoms with Gasteiger partial charge in [0.15, 0.2) is 0 Å². The molecule has 4 rings (SSSR count). The molecule has 0 unspecified atom stereocenters. The number of rotatable bonds is 4. The van der Waals surface area contributed by atoms with E-state index in [2.05, 4.69) is 5.10 Å². The van der Waals surface area contributed by atoms with Crippen molar-refractivity contribution in [2.75, 3.05) is 13.1 Å². The van der Waals surface area contributed by atoms with E-state index < -0.39 is 0 Å². The second-order valence-corrected chi connectivity index (χ2v) is 7.16. The summed E-state index contributed by atoms with van der Waals surface area (Å²) in [6.07, 6.45) is 2.02. The van der Waals surface area contributed by atoms with E-state index >= 15 is 0 Å². The Morgan fingerprint density at radius 2 is 1.79 bits per heavy atom. The molecule has 3 heterocycles. The molecule has 7 heteroatoms. The lowest BCUT2D eigenvalue weighted by atomic mass is 10.1. The predicted molar refractivity (Wildman–Crippen MR) is 106 cm³/mol. The van der Waals surface area contributed by atoms with Gasteiger partial charge >= 0.3 is 0 Å². The molecule has 1 amide bonds. The van der Waals surface area contributed by atoms with E-state index in [0.29, 0.717) is 11.6 Å². The van der Waals surface area contributed by atoms with Crippen LogP contribution in [0, 0.1) is 13.8 Å². The van der Waals surface area contributed by atoms with Gasteiger partial charge in [0.05, 0.1) is 11.4 Å². The maximum Gasteiger partial charge on any atom is 0.256 e. The van der Waals surface area contributed by atoms with Crippen LogP contribution in [-0.4, -0.2) is 43.2 Å². The number of likely N-dealkylation sites (tertiary alicyclic amines) is 1. The van der Waals surface area contributed by atoms with Gasteiger partial charge in [-0.05, 0) is 32.8 Å². The fourth-order valence-corrected chi connectivity index (χ4v) is 3.59. The SMILES string of the molecule is Cc1cc(C)n(-c2nc(-c3ccccc3)cc(=O)n2CC(=O)N2CCCC2)n1. The standard InChI is InChI=1S/C21H23N5O2/c1-15-12-16(2)26(23-15)21-22-18(17-8-4-3-5-9-17)13-19(27)25(21)14-20(28)24-10-6-7-11-24/h3-5,8-9,12-13H,6-7,10-11,14H2,1-2H3. The first-order valence-corrected chi connectivity index (χ1v) is 9.51. The summed E-state index contributed by atoms with van der Waals surface area (Å²) in [6.45, 7) is 5.27. The molecule has 7 nitrogen and oxygen atoms in total. The number of hydrogen-bond acceptors (Lipinski definition) is 4. The lowest BCUT2D eigenvalue weighted by Crippen LogP contribution is -2.36. The Morgan fingerprint density at radius 1 is 1.07 bits per heavy atom. The summed E-state index contributed by atoms with van der Waals surface area (Å²) in [5, 5.41) is 4.49. The normalized spacial score (nSPS) is 13.9. The topological polar surface area (TPSA) is 73.0 Å². The average Bonchev–Trinajstić information content (AvgIpc) is 3.33. The first-order valence-electron chi connectivity index (χ1n) is 9.51. The maximum absolute atomic E-state index is 13.0. The van der Waals surface area contributed by atoms with Crippen LogP contribution in [0.1, 0.15) is 24.2 Å². The smallest absolute Gasteiger partial charge is 0.256 e. The van der Waals surface area contributed by atoms with Crippen molar-refractivity contribution in [2.24, 2.45) is 0 Å². The third-order valence-electron chi connectivity index (χ3n) is 5.01. The van der Waals surface area contributed by atoms with Gasteiger partial charge in [0.25, 0.3) is 5.56 Å². The third kappa shape index (κ3) is 3.47. The van der Waals surface area contributed by atoms with E-state index in [1.165, 1.54) is 10.6 Å². The quantitative estimate of drug-likeness (QED) is 0.700.